The standard InChI is InChI=1S/C12H16N4/c1-9(2)7-16-8-12(14-15-16)10-4-3-5-11(13)6-10/h3-6,8-9H,7,13H2,1-2H3. The van der Waals surface area contributed by atoms with Crippen molar-refractivity contribution in [3.05, 3.63) is 30.5 Å². The lowest BCUT2D eigenvalue weighted by atomic mass is 10.1. The monoisotopic (exact) mass is 216 g/mol. The Hall–Kier alpha value is -1.84. The Bertz CT molecular complexity index is 473. The molecule has 2 N–H and O–H groups in total. The number of anilines is 1. The van der Waals surface area contributed by atoms with Crippen LogP contribution in [0.4, 0.5) is 5.69 Å². The summed E-state index contributed by atoms with van der Waals surface area (Å²) in [5, 5.41) is 8.23. The first-order valence-corrected chi connectivity index (χ1v) is 5.41. The van der Waals surface area contributed by atoms with Gasteiger partial charge in [-0.3, -0.25) is 4.68 Å². The highest BCUT2D eigenvalue weighted by Gasteiger charge is 2.04. The maximum absolute atomic E-state index is 5.73. The molecule has 0 fully saturated rings. The van der Waals surface area contributed by atoms with Crippen LogP contribution >= 0.6 is 0 Å². The van der Waals surface area contributed by atoms with Crippen molar-refractivity contribution < 1.29 is 0 Å². The van der Waals surface area contributed by atoms with Crippen molar-refractivity contribution in [2.24, 2.45) is 5.92 Å². The Kier molecular flexibility index (Phi) is 2.90. The second kappa shape index (κ2) is 4.35. The van der Waals surface area contributed by atoms with Crippen molar-refractivity contribution in [1.82, 2.24) is 15.0 Å². The molecular weight excluding hydrogens is 200 g/mol. The first kappa shape index (κ1) is 10.7. The topological polar surface area (TPSA) is 56.7 Å². The van der Waals surface area contributed by atoms with Gasteiger partial charge in [-0.25, -0.2) is 0 Å². The lowest BCUT2D eigenvalue weighted by Gasteiger charge is -2.02. The van der Waals surface area contributed by atoms with E-state index in [1.165, 1.54) is 0 Å². The molecule has 0 saturated heterocycles. The summed E-state index contributed by atoms with van der Waals surface area (Å²) in [5.74, 6) is 0.565. The van der Waals surface area contributed by atoms with Gasteiger partial charge in [-0.2, -0.15) is 0 Å². The van der Waals surface area contributed by atoms with Crippen LogP contribution < -0.4 is 5.73 Å². The predicted octanol–water partition coefficient (Wildman–Crippen LogP) is 2.18. The molecule has 84 valence electrons. The summed E-state index contributed by atoms with van der Waals surface area (Å²) in [6, 6.07) is 7.68. The van der Waals surface area contributed by atoms with Crippen molar-refractivity contribution >= 4 is 5.69 Å². The summed E-state index contributed by atoms with van der Waals surface area (Å²) in [5.41, 5.74) is 8.35. The SMILES string of the molecule is CC(C)Cn1cc(-c2cccc(N)c2)nn1. The Morgan fingerprint density at radius 2 is 2.19 bits per heavy atom. The van der Waals surface area contributed by atoms with Crippen LogP contribution in [0.3, 0.4) is 0 Å². The molecule has 0 aliphatic heterocycles. The van der Waals surface area contributed by atoms with E-state index in [1.807, 2.05) is 35.1 Å². The van der Waals surface area contributed by atoms with E-state index in [0.717, 1.165) is 23.5 Å². The van der Waals surface area contributed by atoms with Crippen LogP contribution in [0, 0.1) is 5.92 Å². The molecule has 0 bridgehead atoms. The van der Waals surface area contributed by atoms with Crippen LogP contribution in [0.2, 0.25) is 0 Å². The molecule has 0 aliphatic carbocycles. The summed E-state index contributed by atoms with van der Waals surface area (Å²) in [4.78, 5) is 0. The van der Waals surface area contributed by atoms with Crippen molar-refractivity contribution in [2.75, 3.05) is 5.73 Å². The average molecular weight is 216 g/mol. The second-order valence-electron chi connectivity index (χ2n) is 4.35. The van der Waals surface area contributed by atoms with Gasteiger partial charge in [-0.05, 0) is 18.1 Å². The fourth-order valence-electron chi connectivity index (χ4n) is 1.59. The van der Waals surface area contributed by atoms with Gasteiger partial charge in [0, 0.05) is 17.8 Å². The molecule has 0 unspecified atom stereocenters. The molecule has 1 aromatic heterocycles. The van der Waals surface area contributed by atoms with Crippen LogP contribution in [0.5, 0.6) is 0 Å². The molecule has 0 amide bonds. The Labute approximate surface area is 95.1 Å². The molecule has 0 radical (unpaired) electrons. The Morgan fingerprint density at radius 3 is 2.88 bits per heavy atom. The van der Waals surface area contributed by atoms with E-state index in [4.69, 9.17) is 5.73 Å². The molecule has 4 heteroatoms. The quantitative estimate of drug-likeness (QED) is 0.800. The van der Waals surface area contributed by atoms with E-state index < -0.39 is 0 Å². The second-order valence-corrected chi connectivity index (χ2v) is 4.35. The third kappa shape index (κ3) is 2.39. The lowest BCUT2D eigenvalue weighted by molar-refractivity contribution is 0.472. The minimum absolute atomic E-state index is 0.565. The molecule has 0 spiro atoms. The highest BCUT2D eigenvalue weighted by molar-refractivity contribution is 5.62. The maximum atomic E-state index is 5.73. The van der Waals surface area contributed by atoms with Crippen LogP contribution in [0.25, 0.3) is 11.3 Å². The number of aromatic nitrogens is 3. The normalized spacial score (nSPS) is 10.9. The van der Waals surface area contributed by atoms with Gasteiger partial charge in [0.25, 0.3) is 0 Å². The number of hydrogen-bond acceptors (Lipinski definition) is 3. The molecule has 2 aromatic rings. The zero-order chi connectivity index (χ0) is 11.5. The molecule has 1 heterocycles. The third-order valence-corrected chi connectivity index (χ3v) is 2.27. The van der Waals surface area contributed by atoms with E-state index in [2.05, 4.69) is 24.2 Å². The highest BCUT2D eigenvalue weighted by Crippen LogP contribution is 2.18. The number of rotatable bonds is 3. The van der Waals surface area contributed by atoms with Crippen molar-refractivity contribution in [3.63, 3.8) is 0 Å². The van der Waals surface area contributed by atoms with E-state index in [0.29, 0.717) is 5.92 Å². The number of nitrogens with two attached hydrogens (primary N) is 1. The van der Waals surface area contributed by atoms with E-state index in [-0.39, 0.29) is 0 Å². The summed E-state index contributed by atoms with van der Waals surface area (Å²) < 4.78 is 1.86. The molecule has 2 rings (SSSR count). The maximum Gasteiger partial charge on any atom is 0.113 e. The van der Waals surface area contributed by atoms with Gasteiger partial charge >= 0.3 is 0 Å². The molecule has 0 atom stereocenters. The number of hydrogen-bond donors (Lipinski definition) is 1. The molecule has 4 nitrogen and oxygen atoms in total. The molecular formula is C12H16N4. The Balaban J connectivity index is 2.24. The van der Waals surface area contributed by atoms with Crippen molar-refractivity contribution in [3.8, 4) is 11.3 Å². The van der Waals surface area contributed by atoms with Gasteiger partial charge in [0.1, 0.15) is 5.69 Å². The number of nitrogen functional groups attached to an aromatic ring is 1. The van der Waals surface area contributed by atoms with Crippen LogP contribution in [-0.2, 0) is 6.54 Å². The van der Waals surface area contributed by atoms with E-state index in [9.17, 15) is 0 Å². The van der Waals surface area contributed by atoms with Gasteiger partial charge < -0.3 is 5.73 Å². The zero-order valence-corrected chi connectivity index (χ0v) is 9.59. The van der Waals surface area contributed by atoms with Gasteiger partial charge in [-0.1, -0.05) is 31.2 Å². The largest absolute Gasteiger partial charge is 0.399 e. The summed E-state index contributed by atoms with van der Waals surface area (Å²) in [6.45, 7) is 5.19. The predicted molar refractivity (Wildman–Crippen MR) is 64.7 cm³/mol. The van der Waals surface area contributed by atoms with Crippen LogP contribution in [0.1, 0.15) is 13.8 Å². The van der Waals surface area contributed by atoms with Crippen LogP contribution in [-0.4, -0.2) is 15.0 Å². The number of nitrogens with zero attached hydrogens (tertiary/aromatic N) is 3. The minimum atomic E-state index is 0.565. The average Bonchev–Trinajstić information content (AvgIpc) is 2.65. The summed E-state index contributed by atoms with van der Waals surface area (Å²) >= 11 is 0. The minimum Gasteiger partial charge on any atom is -0.399 e. The molecule has 1 aromatic carbocycles. The van der Waals surface area contributed by atoms with Crippen molar-refractivity contribution in [1.29, 1.82) is 0 Å². The molecule has 0 saturated carbocycles. The fraction of sp³-hybridized carbons (Fsp3) is 0.333. The molecule has 16 heavy (non-hydrogen) atoms. The summed E-state index contributed by atoms with van der Waals surface area (Å²) in [6.07, 6.45) is 1.95. The summed E-state index contributed by atoms with van der Waals surface area (Å²) in [7, 11) is 0. The van der Waals surface area contributed by atoms with E-state index >= 15 is 0 Å². The van der Waals surface area contributed by atoms with E-state index in [1.54, 1.807) is 0 Å². The molecule has 0 aliphatic rings. The third-order valence-electron chi connectivity index (χ3n) is 2.27. The van der Waals surface area contributed by atoms with Gasteiger partial charge in [-0.15, -0.1) is 5.10 Å². The van der Waals surface area contributed by atoms with Gasteiger partial charge in [0.15, 0.2) is 0 Å². The zero-order valence-electron chi connectivity index (χ0n) is 9.59. The Morgan fingerprint density at radius 1 is 1.38 bits per heavy atom. The fourth-order valence-corrected chi connectivity index (χ4v) is 1.59. The number of benzene rings is 1. The lowest BCUT2D eigenvalue weighted by Crippen LogP contribution is -2.04. The van der Waals surface area contributed by atoms with Gasteiger partial charge in [0.2, 0.25) is 0 Å². The smallest absolute Gasteiger partial charge is 0.113 e. The van der Waals surface area contributed by atoms with Crippen LogP contribution in [0.15, 0.2) is 30.5 Å². The van der Waals surface area contributed by atoms with Crippen molar-refractivity contribution in [2.45, 2.75) is 20.4 Å². The highest BCUT2D eigenvalue weighted by atomic mass is 15.4. The van der Waals surface area contributed by atoms with Gasteiger partial charge in [0.05, 0.1) is 6.20 Å². The first-order valence-electron chi connectivity index (χ1n) is 5.41. The first-order chi connectivity index (χ1) is 7.65.